The molecule has 0 spiro atoms. The number of hydrogen-bond donors (Lipinski definition) is 6. The summed E-state index contributed by atoms with van der Waals surface area (Å²) in [5, 5.41) is 51.0. The van der Waals surface area contributed by atoms with Gasteiger partial charge in [-0.05, 0) is 78.5 Å². The van der Waals surface area contributed by atoms with Crippen LogP contribution in [0.15, 0.2) is 18.2 Å². The van der Waals surface area contributed by atoms with Crippen LogP contribution in [-0.4, -0.2) is 87.4 Å². The standard InChI is InChI=1S/C24H32O12S/c1-24-7-6-13-12-5-3-11(36-37(31,32)33)8-10(12)2-4-14(13)15(24)9-16(21(24)28)34-23-19(27)17(25)18(26)20(35-23)22(29)30/h3,5,8,13-21,23,25-28H,2,4,6-7,9H2,1H3,(H,29,30)(H,31,32,33)/t13?,14-,15+,16-,17+,18+,19-,20+,21+,23?,24+/m1/s1. The molecule has 1 saturated heterocycles. The average Bonchev–Trinajstić information content (AvgIpc) is 3.08. The second kappa shape index (κ2) is 9.42. The Bertz CT molecular complexity index is 1160. The quantitative estimate of drug-likeness (QED) is 0.271. The summed E-state index contributed by atoms with van der Waals surface area (Å²) in [6, 6.07) is 4.96. The summed E-state index contributed by atoms with van der Waals surface area (Å²) >= 11 is 0. The number of ether oxygens (including phenoxy) is 2. The fourth-order valence-electron chi connectivity index (χ4n) is 7.16. The van der Waals surface area contributed by atoms with Crippen molar-refractivity contribution < 1.29 is 57.0 Å². The maximum Gasteiger partial charge on any atom is 0.446 e. The molecule has 1 heterocycles. The third kappa shape index (κ3) is 4.65. The molecule has 0 radical (unpaired) electrons. The fraction of sp³-hybridized carbons (Fsp3) is 0.708. The van der Waals surface area contributed by atoms with Crippen molar-refractivity contribution in [2.45, 2.75) is 87.9 Å². The summed E-state index contributed by atoms with van der Waals surface area (Å²) in [6.45, 7) is 2.00. The lowest BCUT2D eigenvalue weighted by Gasteiger charge is -2.49. The second-order valence-corrected chi connectivity index (χ2v) is 11.9. The molecule has 3 aliphatic carbocycles. The van der Waals surface area contributed by atoms with E-state index in [9.17, 15) is 38.7 Å². The number of carboxylic acids is 1. The van der Waals surface area contributed by atoms with Crippen LogP contribution in [0.2, 0.25) is 0 Å². The molecule has 3 fully saturated rings. The van der Waals surface area contributed by atoms with Crippen LogP contribution >= 0.6 is 0 Å². The van der Waals surface area contributed by atoms with Crippen molar-refractivity contribution in [3.63, 3.8) is 0 Å². The van der Waals surface area contributed by atoms with E-state index in [2.05, 4.69) is 4.18 Å². The van der Waals surface area contributed by atoms with E-state index < -0.39 is 64.7 Å². The fourth-order valence-corrected chi connectivity index (χ4v) is 7.51. The van der Waals surface area contributed by atoms with Gasteiger partial charge in [-0.3, -0.25) is 4.55 Å². The summed E-state index contributed by atoms with van der Waals surface area (Å²) < 4.78 is 46.9. The van der Waals surface area contributed by atoms with Gasteiger partial charge in [-0.1, -0.05) is 13.0 Å². The molecule has 1 aromatic carbocycles. The van der Waals surface area contributed by atoms with Crippen molar-refractivity contribution in [3.05, 3.63) is 29.3 Å². The van der Waals surface area contributed by atoms with Crippen molar-refractivity contribution in [3.8, 4) is 5.75 Å². The zero-order chi connectivity index (χ0) is 26.9. The number of aliphatic hydroxyl groups is 4. The molecule has 13 heteroatoms. The predicted molar refractivity (Wildman–Crippen MR) is 124 cm³/mol. The molecule has 0 amide bonds. The Morgan fingerprint density at radius 2 is 1.84 bits per heavy atom. The molecule has 1 aromatic rings. The average molecular weight is 545 g/mol. The molecule has 6 N–H and O–H groups in total. The topological polar surface area (TPSA) is 200 Å². The number of benzene rings is 1. The van der Waals surface area contributed by atoms with Gasteiger partial charge in [-0.2, -0.15) is 8.42 Å². The highest BCUT2D eigenvalue weighted by Gasteiger charge is 2.59. The Labute approximate surface area is 213 Å². The molecule has 2 unspecified atom stereocenters. The smallest absolute Gasteiger partial charge is 0.446 e. The van der Waals surface area contributed by atoms with E-state index in [4.69, 9.17) is 14.0 Å². The largest absolute Gasteiger partial charge is 0.479 e. The van der Waals surface area contributed by atoms with Gasteiger partial charge in [0, 0.05) is 0 Å². The van der Waals surface area contributed by atoms with Crippen molar-refractivity contribution in [2.24, 2.45) is 17.3 Å². The Hall–Kier alpha value is -1.84. The van der Waals surface area contributed by atoms with Gasteiger partial charge >= 0.3 is 16.4 Å². The molecule has 206 valence electrons. The van der Waals surface area contributed by atoms with Gasteiger partial charge in [0.2, 0.25) is 0 Å². The van der Waals surface area contributed by atoms with E-state index in [1.165, 1.54) is 6.07 Å². The Balaban J connectivity index is 1.34. The Morgan fingerprint density at radius 3 is 2.51 bits per heavy atom. The van der Waals surface area contributed by atoms with Crippen molar-refractivity contribution in [1.29, 1.82) is 0 Å². The molecule has 12 nitrogen and oxygen atoms in total. The molecular weight excluding hydrogens is 512 g/mol. The first-order valence-corrected chi connectivity index (χ1v) is 13.7. The molecule has 0 bridgehead atoms. The summed E-state index contributed by atoms with van der Waals surface area (Å²) in [5.41, 5.74) is 1.53. The van der Waals surface area contributed by atoms with Crippen LogP contribution in [0.25, 0.3) is 0 Å². The normalized spacial score (nSPS) is 43.4. The van der Waals surface area contributed by atoms with Crippen LogP contribution in [0.3, 0.4) is 0 Å². The molecule has 5 rings (SSSR count). The zero-order valence-electron chi connectivity index (χ0n) is 20.1. The molecular formula is C24H32O12S. The maximum absolute atomic E-state index is 11.4. The lowest BCUT2D eigenvalue weighted by molar-refractivity contribution is -0.309. The monoisotopic (exact) mass is 544 g/mol. The van der Waals surface area contributed by atoms with E-state index in [-0.39, 0.29) is 23.5 Å². The summed E-state index contributed by atoms with van der Waals surface area (Å²) in [7, 11) is -4.62. The van der Waals surface area contributed by atoms with E-state index in [1.54, 1.807) is 6.07 Å². The van der Waals surface area contributed by atoms with Gasteiger partial charge in [-0.25, -0.2) is 4.79 Å². The first kappa shape index (κ1) is 26.8. The second-order valence-electron chi connectivity index (χ2n) is 10.9. The van der Waals surface area contributed by atoms with Gasteiger partial charge in [0.05, 0.1) is 12.2 Å². The lowest BCUT2D eigenvalue weighted by Crippen LogP contribution is -2.61. The number of aliphatic hydroxyl groups excluding tert-OH is 4. The molecule has 0 aromatic heterocycles. The van der Waals surface area contributed by atoms with E-state index in [1.807, 2.05) is 13.0 Å². The highest BCUT2D eigenvalue weighted by molar-refractivity contribution is 7.81. The number of carboxylic acid groups (broad SMARTS) is 1. The summed E-state index contributed by atoms with van der Waals surface area (Å²) in [6.07, 6.45) is -7.01. The highest BCUT2D eigenvalue weighted by Crippen LogP contribution is 2.61. The number of aliphatic carboxylic acids is 1. The Kier molecular flexibility index (Phi) is 6.81. The lowest BCUT2D eigenvalue weighted by atomic mass is 9.55. The van der Waals surface area contributed by atoms with Crippen LogP contribution in [0.4, 0.5) is 0 Å². The van der Waals surface area contributed by atoms with Crippen LogP contribution in [0.1, 0.15) is 49.7 Å². The van der Waals surface area contributed by atoms with E-state index >= 15 is 0 Å². The number of carbonyl (C=O) groups is 1. The first-order valence-electron chi connectivity index (χ1n) is 12.4. The van der Waals surface area contributed by atoms with Crippen molar-refractivity contribution in [1.82, 2.24) is 0 Å². The van der Waals surface area contributed by atoms with Gasteiger partial charge in [-0.15, -0.1) is 0 Å². The minimum absolute atomic E-state index is 0.0414. The third-order valence-corrected chi connectivity index (χ3v) is 9.38. The molecule has 37 heavy (non-hydrogen) atoms. The minimum Gasteiger partial charge on any atom is -0.479 e. The predicted octanol–water partition coefficient (Wildman–Crippen LogP) is -0.0275. The summed E-state index contributed by atoms with van der Waals surface area (Å²) in [4.78, 5) is 11.4. The minimum atomic E-state index is -4.62. The van der Waals surface area contributed by atoms with Gasteiger partial charge in [0.15, 0.2) is 12.4 Å². The number of aryl methyl sites for hydroxylation is 1. The van der Waals surface area contributed by atoms with Crippen LogP contribution < -0.4 is 4.18 Å². The number of rotatable bonds is 5. The molecule has 11 atom stereocenters. The summed E-state index contributed by atoms with van der Waals surface area (Å²) in [5.74, 6) is -1.06. The maximum atomic E-state index is 11.4. The number of fused-ring (bicyclic) bond motifs is 5. The van der Waals surface area contributed by atoms with E-state index in [0.29, 0.717) is 19.3 Å². The third-order valence-electron chi connectivity index (χ3n) is 8.97. The number of hydrogen-bond acceptors (Lipinski definition) is 10. The van der Waals surface area contributed by atoms with Crippen LogP contribution in [0.5, 0.6) is 5.75 Å². The van der Waals surface area contributed by atoms with Crippen molar-refractivity contribution >= 4 is 16.4 Å². The van der Waals surface area contributed by atoms with Crippen LogP contribution in [-0.2, 0) is 31.1 Å². The van der Waals surface area contributed by atoms with E-state index in [0.717, 1.165) is 24.0 Å². The molecule has 4 aliphatic rings. The van der Waals surface area contributed by atoms with Crippen LogP contribution in [0, 0.1) is 17.3 Å². The molecule has 2 saturated carbocycles. The first-order chi connectivity index (χ1) is 17.3. The van der Waals surface area contributed by atoms with Crippen molar-refractivity contribution in [2.75, 3.05) is 0 Å². The van der Waals surface area contributed by atoms with Gasteiger partial charge < -0.3 is 39.2 Å². The van der Waals surface area contributed by atoms with Gasteiger partial charge in [0.25, 0.3) is 0 Å². The van der Waals surface area contributed by atoms with Gasteiger partial charge in [0.1, 0.15) is 24.1 Å². The molecule has 1 aliphatic heterocycles. The zero-order valence-corrected chi connectivity index (χ0v) is 20.9. The highest BCUT2D eigenvalue weighted by atomic mass is 32.3. The SMILES string of the molecule is C[C@]12CCC3c4ccc(OS(=O)(=O)O)cc4CC[C@H]3[C@@H]1C[C@@H](OC1O[C@H](C(=O)O)[C@@H](O)[C@H](O)[C@H]1O)[C@@H]2O. The Morgan fingerprint density at radius 1 is 1.11 bits per heavy atom.